The summed E-state index contributed by atoms with van der Waals surface area (Å²) in [6, 6.07) is 0. The zero-order valence-corrected chi connectivity index (χ0v) is 10.4. The van der Waals surface area contributed by atoms with Crippen molar-refractivity contribution in [2.45, 2.75) is 33.1 Å². The van der Waals surface area contributed by atoms with Gasteiger partial charge in [-0.15, -0.1) is 0 Å². The van der Waals surface area contributed by atoms with E-state index in [1.165, 1.54) is 19.3 Å². The van der Waals surface area contributed by atoms with Gasteiger partial charge < -0.3 is 11.1 Å². The molecule has 2 rings (SSSR count). The minimum atomic E-state index is -0.175. The van der Waals surface area contributed by atoms with E-state index in [1.807, 2.05) is 0 Å². The lowest BCUT2D eigenvalue weighted by Gasteiger charge is -2.15. The van der Waals surface area contributed by atoms with Gasteiger partial charge in [0.25, 0.3) is 5.91 Å². The molecule has 1 aliphatic rings. The summed E-state index contributed by atoms with van der Waals surface area (Å²) < 4.78 is 0. The number of hydrogen-bond donors (Lipinski definition) is 3. The number of H-pyrrole nitrogens is 1. The molecule has 5 heteroatoms. The zero-order valence-electron chi connectivity index (χ0n) is 10.4. The SMILES string of the molecule is Cc1[nH]nc(C(=O)NCC2CCCC2C)c1N. The summed E-state index contributed by atoms with van der Waals surface area (Å²) in [7, 11) is 0. The van der Waals surface area contributed by atoms with Gasteiger partial charge in [0.05, 0.1) is 11.4 Å². The van der Waals surface area contributed by atoms with Crippen LogP contribution in [0.3, 0.4) is 0 Å². The van der Waals surface area contributed by atoms with E-state index in [2.05, 4.69) is 22.4 Å². The molecule has 1 amide bonds. The fourth-order valence-electron chi connectivity index (χ4n) is 2.44. The average Bonchev–Trinajstić information content (AvgIpc) is 2.84. The standard InChI is InChI=1S/C12H20N4O/c1-7-4-3-5-9(7)6-14-12(17)11-10(13)8(2)15-16-11/h7,9H,3-6,13H2,1-2H3,(H,14,17)(H,15,16). The van der Waals surface area contributed by atoms with E-state index in [0.29, 0.717) is 23.2 Å². The number of nitrogens with two attached hydrogens (primary N) is 1. The third kappa shape index (κ3) is 2.43. The Hall–Kier alpha value is -1.52. The normalized spacial score (nSPS) is 23.9. The van der Waals surface area contributed by atoms with E-state index < -0.39 is 0 Å². The smallest absolute Gasteiger partial charge is 0.273 e. The van der Waals surface area contributed by atoms with Crippen molar-refractivity contribution in [3.05, 3.63) is 11.4 Å². The topological polar surface area (TPSA) is 83.8 Å². The molecule has 1 heterocycles. The van der Waals surface area contributed by atoms with Crippen LogP contribution >= 0.6 is 0 Å². The molecule has 1 aromatic rings. The van der Waals surface area contributed by atoms with Gasteiger partial charge in [-0.1, -0.05) is 19.8 Å². The van der Waals surface area contributed by atoms with Crippen LogP contribution in [0.1, 0.15) is 42.4 Å². The summed E-state index contributed by atoms with van der Waals surface area (Å²) in [5, 5.41) is 9.56. The van der Waals surface area contributed by atoms with Gasteiger partial charge in [-0.2, -0.15) is 5.10 Å². The maximum absolute atomic E-state index is 11.9. The van der Waals surface area contributed by atoms with Gasteiger partial charge >= 0.3 is 0 Å². The highest BCUT2D eigenvalue weighted by Gasteiger charge is 2.24. The van der Waals surface area contributed by atoms with Crippen molar-refractivity contribution in [2.24, 2.45) is 11.8 Å². The van der Waals surface area contributed by atoms with E-state index in [0.717, 1.165) is 12.2 Å². The molecule has 0 saturated heterocycles. The Bertz CT molecular complexity index is 413. The first-order valence-electron chi connectivity index (χ1n) is 6.18. The molecule has 0 aliphatic heterocycles. The van der Waals surface area contributed by atoms with Crippen molar-refractivity contribution >= 4 is 11.6 Å². The van der Waals surface area contributed by atoms with E-state index in [-0.39, 0.29) is 5.91 Å². The lowest BCUT2D eigenvalue weighted by Crippen LogP contribution is -2.31. The van der Waals surface area contributed by atoms with Crippen molar-refractivity contribution in [1.29, 1.82) is 0 Å². The quantitative estimate of drug-likeness (QED) is 0.743. The molecular weight excluding hydrogens is 216 g/mol. The first kappa shape index (κ1) is 12.0. The van der Waals surface area contributed by atoms with Crippen LogP contribution in [-0.4, -0.2) is 22.6 Å². The number of nitrogens with zero attached hydrogens (tertiary/aromatic N) is 1. The van der Waals surface area contributed by atoms with Crippen LogP contribution in [0.15, 0.2) is 0 Å². The molecule has 5 nitrogen and oxygen atoms in total. The Kier molecular flexibility index (Phi) is 3.36. The summed E-state index contributed by atoms with van der Waals surface area (Å²) in [4.78, 5) is 11.9. The molecule has 0 spiro atoms. The highest BCUT2D eigenvalue weighted by molar-refractivity contribution is 5.97. The molecule has 1 aliphatic carbocycles. The molecule has 4 N–H and O–H groups in total. The fraction of sp³-hybridized carbons (Fsp3) is 0.667. The monoisotopic (exact) mass is 236 g/mol. The molecule has 17 heavy (non-hydrogen) atoms. The van der Waals surface area contributed by atoms with Crippen LogP contribution < -0.4 is 11.1 Å². The van der Waals surface area contributed by atoms with Gasteiger partial charge in [0, 0.05) is 6.54 Å². The van der Waals surface area contributed by atoms with Gasteiger partial charge in [0.2, 0.25) is 0 Å². The van der Waals surface area contributed by atoms with Crippen LogP contribution in [0.25, 0.3) is 0 Å². The van der Waals surface area contributed by atoms with Crippen LogP contribution in [0.2, 0.25) is 0 Å². The number of carbonyl (C=O) groups is 1. The number of hydrogen-bond acceptors (Lipinski definition) is 3. The lowest BCUT2D eigenvalue weighted by molar-refractivity contribution is 0.0940. The predicted molar refractivity (Wildman–Crippen MR) is 66.6 cm³/mol. The summed E-state index contributed by atoms with van der Waals surface area (Å²) >= 11 is 0. The van der Waals surface area contributed by atoms with Gasteiger partial charge in [-0.05, 0) is 25.2 Å². The second kappa shape index (κ2) is 4.77. The third-order valence-corrected chi connectivity index (χ3v) is 3.77. The Balaban J connectivity index is 1.91. The van der Waals surface area contributed by atoms with Crippen molar-refractivity contribution in [3.63, 3.8) is 0 Å². The minimum Gasteiger partial charge on any atom is -0.395 e. The van der Waals surface area contributed by atoms with Crippen LogP contribution in [-0.2, 0) is 0 Å². The number of nitrogen functional groups attached to an aromatic ring is 1. The number of aromatic amines is 1. The van der Waals surface area contributed by atoms with Gasteiger partial charge in [-0.25, -0.2) is 0 Å². The molecular formula is C12H20N4O. The fourth-order valence-corrected chi connectivity index (χ4v) is 2.44. The number of rotatable bonds is 3. The summed E-state index contributed by atoms with van der Waals surface area (Å²) in [6.45, 7) is 4.78. The van der Waals surface area contributed by atoms with Crippen molar-refractivity contribution in [3.8, 4) is 0 Å². The third-order valence-electron chi connectivity index (χ3n) is 3.77. The van der Waals surface area contributed by atoms with Crippen LogP contribution in [0, 0.1) is 18.8 Å². The number of nitrogens with one attached hydrogen (secondary N) is 2. The minimum absolute atomic E-state index is 0.175. The summed E-state index contributed by atoms with van der Waals surface area (Å²) in [6.07, 6.45) is 3.74. The number of anilines is 1. The van der Waals surface area contributed by atoms with Crippen molar-refractivity contribution < 1.29 is 4.79 Å². The van der Waals surface area contributed by atoms with Gasteiger partial charge in [-0.3, -0.25) is 9.89 Å². The highest BCUT2D eigenvalue weighted by atomic mass is 16.1. The van der Waals surface area contributed by atoms with E-state index in [4.69, 9.17) is 5.73 Å². The predicted octanol–water partition coefficient (Wildman–Crippen LogP) is 1.47. The van der Waals surface area contributed by atoms with Crippen molar-refractivity contribution in [2.75, 3.05) is 12.3 Å². The molecule has 2 unspecified atom stereocenters. The molecule has 2 atom stereocenters. The molecule has 0 radical (unpaired) electrons. The largest absolute Gasteiger partial charge is 0.395 e. The number of aryl methyl sites for hydroxylation is 1. The van der Waals surface area contributed by atoms with Crippen LogP contribution in [0.5, 0.6) is 0 Å². The Morgan fingerprint density at radius 3 is 2.88 bits per heavy atom. The van der Waals surface area contributed by atoms with Crippen molar-refractivity contribution in [1.82, 2.24) is 15.5 Å². The summed E-state index contributed by atoms with van der Waals surface area (Å²) in [5.41, 5.74) is 7.26. The lowest BCUT2D eigenvalue weighted by atomic mass is 9.98. The molecule has 1 fully saturated rings. The zero-order chi connectivity index (χ0) is 12.4. The maximum atomic E-state index is 11.9. The molecule has 1 saturated carbocycles. The van der Waals surface area contributed by atoms with E-state index in [9.17, 15) is 4.79 Å². The van der Waals surface area contributed by atoms with Gasteiger partial charge in [0.1, 0.15) is 0 Å². The second-order valence-electron chi connectivity index (χ2n) is 4.99. The Morgan fingerprint density at radius 1 is 1.59 bits per heavy atom. The molecule has 0 aromatic carbocycles. The first-order valence-corrected chi connectivity index (χ1v) is 6.18. The first-order chi connectivity index (χ1) is 8.09. The maximum Gasteiger partial charge on any atom is 0.273 e. The highest BCUT2D eigenvalue weighted by Crippen LogP contribution is 2.30. The number of amides is 1. The average molecular weight is 236 g/mol. The molecule has 0 bridgehead atoms. The number of aromatic nitrogens is 2. The Labute approximate surface area is 101 Å². The summed E-state index contributed by atoms with van der Waals surface area (Å²) in [5.74, 6) is 1.12. The number of carbonyl (C=O) groups excluding carboxylic acids is 1. The molecule has 1 aromatic heterocycles. The van der Waals surface area contributed by atoms with Gasteiger partial charge in [0.15, 0.2) is 5.69 Å². The molecule has 94 valence electrons. The second-order valence-corrected chi connectivity index (χ2v) is 4.99. The van der Waals surface area contributed by atoms with E-state index >= 15 is 0 Å². The van der Waals surface area contributed by atoms with Crippen LogP contribution in [0.4, 0.5) is 5.69 Å². The Morgan fingerprint density at radius 2 is 2.35 bits per heavy atom. The van der Waals surface area contributed by atoms with E-state index in [1.54, 1.807) is 6.92 Å².